The number of nitrogens with zero attached hydrogens (tertiary/aromatic N) is 2. The standard InChI is InChI=1S/C17H30N4O4S.HI/c1-18-17(19-7-11-24-12-13-26(2,22)23)20-14-15(16-6-5-10-25-16)21-8-3-4-9-21;/h5-6,10,15H,3-4,7-9,11-14H2,1-2H3,(H2,18,19,20);1H. The smallest absolute Gasteiger partial charge is 0.191 e. The Balaban J connectivity index is 0.00000364. The number of halogens is 1. The van der Waals surface area contributed by atoms with Crippen molar-refractivity contribution in [2.45, 2.75) is 18.9 Å². The summed E-state index contributed by atoms with van der Waals surface area (Å²) in [4.78, 5) is 6.64. The van der Waals surface area contributed by atoms with Crippen molar-refractivity contribution in [2.24, 2.45) is 4.99 Å². The zero-order valence-electron chi connectivity index (χ0n) is 16.0. The third-order valence-electron chi connectivity index (χ3n) is 4.28. The molecule has 0 saturated carbocycles. The summed E-state index contributed by atoms with van der Waals surface area (Å²) in [6.07, 6.45) is 5.35. The Morgan fingerprint density at radius 3 is 2.67 bits per heavy atom. The van der Waals surface area contributed by atoms with E-state index in [2.05, 4.69) is 20.5 Å². The van der Waals surface area contributed by atoms with Crippen LogP contribution in [-0.4, -0.2) is 77.7 Å². The topological polar surface area (TPSA) is 96.2 Å². The van der Waals surface area contributed by atoms with Crippen LogP contribution in [-0.2, 0) is 14.6 Å². The van der Waals surface area contributed by atoms with Crippen LogP contribution < -0.4 is 10.6 Å². The highest BCUT2D eigenvalue weighted by Crippen LogP contribution is 2.24. The van der Waals surface area contributed by atoms with E-state index in [-0.39, 0.29) is 42.4 Å². The van der Waals surface area contributed by atoms with E-state index in [4.69, 9.17) is 9.15 Å². The molecule has 8 nitrogen and oxygen atoms in total. The number of rotatable bonds is 10. The van der Waals surface area contributed by atoms with Crippen LogP contribution in [0, 0.1) is 0 Å². The van der Waals surface area contributed by atoms with Crippen molar-refractivity contribution in [1.82, 2.24) is 15.5 Å². The first-order chi connectivity index (χ1) is 12.5. The van der Waals surface area contributed by atoms with Crippen LogP contribution in [0.4, 0.5) is 0 Å². The van der Waals surface area contributed by atoms with E-state index in [1.807, 2.05) is 12.1 Å². The Morgan fingerprint density at radius 2 is 2.07 bits per heavy atom. The van der Waals surface area contributed by atoms with Crippen LogP contribution in [0.25, 0.3) is 0 Å². The molecule has 0 bridgehead atoms. The van der Waals surface area contributed by atoms with Crippen molar-refractivity contribution in [1.29, 1.82) is 0 Å². The number of guanidine groups is 1. The van der Waals surface area contributed by atoms with E-state index in [1.165, 1.54) is 19.1 Å². The van der Waals surface area contributed by atoms with Crippen molar-refractivity contribution in [2.75, 3.05) is 58.4 Å². The summed E-state index contributed by atoms with van der Waals surface area (Å²) >= 11 is 0. The lowest BCUT2D eigenvalue weighted by Crippen LogP contribution is -2.43. The van der Waals surface area contributed by atoms with Crippen LogP contribution in [0.3, 0.4) is 0 Å². The highest BCUT2D eigenvalue weighted by Gasteiger charge is 2.25. The van der Waals surface area contributed by atoms with Gasteiger partial charge in [-0.1, -0.05) is 0 Å². The molecule has 1 aliphatic heterocycles. The molecule has 10 heteroatoms. The molecule has 1 aliphatic rings. The van der Waals surface area contributed by atoms with Crippen molar-refractivity contribution < 1.29 is 17.6 Å². The fraction of sp³-hybridized carbons (Fsp3) is 0.706. The molecule has 1 fully saturated rings. The molecule has 1 aromatic heterocycles. The second-order valence-electron chi connectivity index (χ2n) is 6.40. The number of hydrogen-bond acceptors (Lipinski definition) is 6. The Kier molecular flexibility index (Phi) is 11.3. The Hall–Kier alpha value is -0.850. The largest absolute Gasteiger partial charge is 0.468 e. The molecule has 27 heavy (non-hydrogen) atoms. The molecule has 2 rings (SSSR count). The first kappa shape index (κ1) is 24.2. The van der Waals surface area contributed by atoms with E-state index in [1.54, 1.807) is 13.3 Å². The van der Waals surface area contributed by atoms with Gasteiger partial charge in [0.05, 0.1) is 31.3 Å². The van der Waals surface area contributed by atoms with Gasteiger partial charge in [0, 0.05) is 26.4 Å². The molecule has 0 aromatic carbocycles. The normalized spacial score (nSPS) is 16.7. The summed E-state index contributed by atoms with van der Waals surface area (Å²) in [5.74, 6) is 1.69. The summed E-state index contributed by atoms with van der Waals surface area (Å²) < 4.78 is 33.0. The molecule has 0 aliphatic carbocycles. The van der Waals surface area contributed by atoms with E-state index in [0.29, 0.717) is 25.7 Å². The number of aliphatic imine (C=N–C) groups is 1. The molecule has 1 atom stereocenters. The fourth-order valence-electron chi connectivity index (χ4n) is 2.91. The fourth-order valence-corrected chi connectivity index (χ4v) is 3.33. The van der Waals surface area contributed by atoms with Gasteiger partial charge < -0.3 is 19.8 Å². The first-order valence-electron chi connectivity index (χ1n) is 8.97. The molecule has 156 valence electrons. The van der Waals surface area contributed by atoms with E-state index < -0.39 is 9.84 Å². The number of furan rings is 1. The quantitative estimate of drug-likeness (QED) is 0.210. The number of nitrogens with one attached hydrogen (secondary N) is 2. The summed E-state index contributed by atoms with van der Waals surface area (Å²) in [6, 6.07) is 4.10. The van der Waals surface area contributed by atoms with Crippen LogP contribution in [0.5, 0.6) is 0 Å². The molecule has 0 amide bonds. The van der Waals surface area contributed by atoms with Gasteiger partial charge in [-0.25, -0.2) is 8.42 Å². The summed E-state index contributed by atoms with van der Waals surface area (Å²) in [7, 11) is -1.26. The number of hydrogen-bond donors (Lipinski definition) is 2. The first-order valence-corrected chi connectivity index (χ1v) is 11.0. The average molecular weight is 514 g/mol. The zero-order chi connectivity index (χ0) is 18.8. The van der Waals surface area contributed by atoms with Crippen LogP contribution in [0.2, 0.25) is 0 Å². The Labute approximate surface area is 179 Å². The summed E-state index contributed by atoms with van der Waals surface area (Å²) in [6.45, 7) is 4.03. The van der Waals surface area contributed by atoms with Crippen LogP contribution in [0.1, 0.15) is 24.6 Å². The van der Waals surface area contributed by atoms with Crippen molar-refractivity contribution >= 4 is 39.8 Å². The molecular weight excluding hydrogens is 483 g/mol. The maximum atomic E-state index is 11.0. The van der Waals surface area contributed by atoms with Crippen LogP contribution >= 0.6 is 24.0 Å². The molecule has 1 saturated heterocycles. The average Bonchev–Trinajstić information content (AvgIpc) is 3.29. The van der Waals surface area contributed by atoms with Gasteiger partial charge >= 0.3 is 0 Å². The lowest BCUT2D eigenvalue weighted by atomic mass is 10.2. The van der Waals surface area contributed by atoms with Gasteiger partial charge in [-0.3, -0.25) is 9.89 Å². The van der Waals surface area contributed by atoms with Crippen molar-refractivity contribution in [3.63, 3.8) is 0 Å². The maximum Gasteiger partial charge on any atom is 0.191 e. The summed E-state index contributed by atoms with van der Waals surface area (Å²) in [5.41, 5.74) is 0. The number of ether oxygens (including phenoxy) is 1. The molecule has 2 N–H and O–H groups in total. The van der Waals surface area contributed by atoms with Gasteiger partial charge in [-0.15, -0.1) is 24.0 Å². The van der Waals surface area contributed by atoms with Gasteiger partial charge in [0.1, 0.15) is 15.6 Å². The lowest BCUT2D eigenvalue weighted by molar-refractivity contribution is 0.154. The Bertz CT molecular complexity index is 646. The minimum atomic E-state index is -2.98. The van der Waals surface area contributed by atoms with E-state index in [9.17, 15) is 8.42 Å². The number of likely N-dealkylation sites (tertiary alicyclic amines) is 1. The van der Waals surface area contributed by atoms with Gasteiger partial charge in [-0.05, 0) is 38.1 Å². The second kappa shape index (κ2) is 12.6. The van der Waals surface area contributed by atoms with Gasteiger partial charge in [0.15, 0.2) is 5.96 Å². The third-order valence-corrected chi connectivity index (χ3v) is 5.19. The monoisotopic (exact) mass is 514 g/mol. The van der Waals surface area contributed by atoms with E-state index in [0.717, 1.165) is 18.8 Å². The molecule has 2 heterocycles. The third kappa shape index (κ3) is 9.26. The van der Waals surface area contributed by atoms with Crippen LogP contribution in [0.15, 0.2) is 27.8 Å². The molecule has 1 unspecified atom stereocenters. The maximum absolute atomic E-state index is 11.0. The SMILES string of the molecule is CN=C(NCCOCCS(C)(=O)=O)NCC(c1ccco1)N1CCCC1.I. The molecule has 0 spiro atoms. The predicted octanol–water partition coefficient (Wildman–Crippen LogP) is 1.26. The minimum Gasteiger partial charge on any atom is -0.468 e. The number of sulfone groups is 1. The lowest BCUT2D eigenvalue weighted by Gasteiger charge is -2.26. The highest BCUT2D eigenvalue weighted by atomic mass is 127. The second-order valence-corrected chi connectivity index (χ2v) is 8.66. The van der Waals surface area contributed by atoms with Gasteiger partial charge in [-0.2, -0.15) is 0 Å². The molecular formula is C17H31IN4O4S. The van der Waals surface area contributed by atoms with Gasteiger partial charge in [0.25, 0.3) is 0 Å². The Morgan fingerprint density at radius 1 is 1.33 bits per heavy atom. The van der Waals surface area contributed by atoms with E-state index >= 15 is 0 Å². The summed E-state index contributed by atoms with van der Waals surface area (Å²) in [5, 5.41) is 6.51. The van der Waals surface area contributed by atoms with Crippen molar-refractivity contribution in [3.8, 4) is 0 Å². The zero-order valence-corrected chi connectivity index (χ0v) is 19.2. The molecule has 1 aromatic rings. The molecule has 0 radical (unpaired) electrons. The highest BCUT2D eigenvalue weighted by molar-refractivity contribution is 14.0. The van der Waals surface area contributed by atoms with Crippen molar-refractivity contribution in [3.05, 3.63) is 24.2 Å². The minimum absolute atomic E-state index is 0. The predicted molar refractivity (Wildman–Crippen MR) is 118 cm³/mol. The van der Waals surface area contributed by atoms with Gasteiger partial charge in [0.2, 0.25) is 0 Å².